The highest BCUT2D eigenvalue weighted by Gasteiger charge is 2.25. The molecule has 1 aromatic heterocycles. The predicted molar refractivity (Wildman–Crippen MR) is 60.7 cm³/mol. The highest BCUT2D eigenvalue weighted by Crippen LogP contribution is 2.31. The van der Waals surface area contributed by atoms with Crippen molar-refractivity contribution in [1.29, 1.82) is 0 Å². The van der Waals surface area contributed by atoms with E-state index < -0.39 is 5.56 Å². The molecule has 0 amide bonds. The van der Waals surface area contributed by atoms with Crippen molar-refractivity contribution in [3.63, 3.8) is 0 Å². The smallest absolute Gasteiger partial charge is 0.316 e. The maximum Gasteiger partial charge on any atom is 0.316 e. The van der Waals surface area contributed by atoms with E-state index in [4.69, 9.17) is 0 Å². The summed E-state index contributed by atoms with van der Waals surface area (Å²) >= 11 is 0. The van der Waals surface area contributed by atoms with Gasteiger partial charge in [-0.05, 0) is 44.4 Å². The van der Waals surface area contributed by atoms with Crippen LogP contribution in [0.2, 0.25) is 0 Å². The lowest BCUT2D eigenvalue weighted by Gasteiger charge is -2.19. The quantitative estimate of drug-likeness (QED) is 0.750. The van der Waals surface area contributed by atoms with Crippen LogP contribution in [0.4, 0.5) is 0 Å². The number of aryl methyl sites for hydroxylation is 1. The second-order valence-corrected chi connectivity index (χ2v) is 4.95. The molecule has 1 fully saturated rings. The first-order chi connectivity index (χ1) is 7.75. The molecular weight excluding hydrogens is 204 g/mol. The number of rotatable bonds is 2. The topological polar surface area (TPSA) is 54.9 Å². The lowest BCUT2D eigenvalue weighted by molar-refractivity contribution is 0.526. The molecule has 2 aliphatic rings. The van der Waals surface area contributed by atoms with Crippen LogP contribution in [0.5, 0.6) is 0 Å². The number of hydrogen-bond acceptors (Lipinski definition) is 2. The van der Waals surface area contributed by atoms with Gasteiger partial charge in [0.2, 0.25) is 0 Å². The van der Waals surface area contributed by atoms with Crippen LogP contribution in [0.15, 0.2) is 9.59 Å². The number of aromatic amines is 1. The second kappa shape index (κ2) is 3.61. The largest absolute Gasteiger partial charge is 0.320 e. The Hall–Kier alpha value is -1.32. The summed E-state index contributed by atoms with van der Waals surface area (Å²) < 4.78 is 1.74. The molecule has 0 atom stereocenters. The molecule has 86 valence electrons. The fourth-order valence-corrected chi connectivity index (χ4v) is 2.51. The Kier molecular flexibility index (Phi) is 2.23. The van der Waals surface area contributed by atoms with Crippen LogP contribution in [-0.2, 0) is 19.4 Å². The Labute approximate surface area is 93.3 Å². The number of nitrogens with one attached hydrogen (secondary N) is 1. The van der Waals surface area contributed by atoms with Crippen molar-refractivity contribution in [3.8, 4) is 0 Å². The molecule has 0 spiro atoms. The first-order valence-electron chi connectivity index (χ1n) is 6.10. The highest BCUT2D eigenvalue weighted by molar-refractivity contribution is 5.16. The van der Waals surface area contributed by atoms with Gasteiger partial charge in [-0.3, -0.25) is 9.59 Å². The number of nitrogens with zero attached hydrogens (tertiary/aromatic N) is 1. The Morgan fingerprint density at radius 3 is 2.69 bits per heavy atom. The SMILES string of the molecule is O=c1[nH]c2c(n(CC3CC3)c1=O)CCCC2. The second-order valence-electron chi connectivity index (χ2n) is 4.95. The van der Waals surface area contributed by atoms with Crippen LogP contribution < -0.4 is 11.1 Å². The van der Waals surface area contributed by atoms with E-state index in [0.717, 1.165) is 43.6 Å². The molecule has 1 aromatic rings. The maximum atomic E-state index is 11.8. The zero-order valence-corrected chi connectivity index (χ0v) is 9.29. The zero-order chi connectivity index (χ0) is 11.1. The van der Waals surface area contributed by atoms with E-state index in [9.17, 15) is 9.59 Å². The standard InChI is InChI=1S/C12H16N2O2/c15-11-12(16)14(7-8-5-6-8)10-4-2-1-3-9(10)13-11/h8H,1-7H2,(H,13,15). The minimum atomic E-state index is -0.443. The molecule has 1 heterocycles. The Balaban J connectivity index is 2.13. The van der Waals surface area contributed by atoms with Crippen molar-refractivity contribution in [2.24, 2.45) is 5.92 Å². The van der Waals surface area contributed by atoms with E-state index in [1.165, 1.54) is 12.8 Å². The Morgan fingerprint density at radius 2 is 1.94 bits per heavy atom. The van der Waals surface area contributed by atoms with Crippen LogP contribution in [0, 0.1) is 5.92 Å². The Bertz CT molecular complexity index is 523. The summed E-state index contributed by atoms with van der Waals surface area (Å²) in [6.45, 7) is 0.755. The van der Waals surface area contributed by atoms with Crippen LogP contribution in [0.1, 0.15) is 37.1 Å². The molecular formula is C12H16N2O2. The number of H-pyrrole nitrogens is 1. The minimum Gasteiger partial charge on any atom is -0.320 e. The summed E-state index contributed by atoms with van der Waals surface area (Å²) in [5.74, 6) is 0.630. The van der Waals surface area contributed by atoms with Gasteiger partial charge in [-0.2, -0.15) is 0 Å². The van der Waals surface area contributed by atoms with E-state index in [0.29, 0.717) is 5.92 Å². The molecule has 0 saturated heterocycles. The molecule has 1 N–H and O–H groups in total. The van der Waals surface area contributed by atoms with Crippen LogP contribution in [0.25, 0.3) is 0 Å². The Morgan fingerprint density at radius 1 is 1.19 bits per heavy atom. The summed E-state index contributed by atoms with van der Waals surface area (Å²) in [4.78, 5) is 26.1. The van der Waals surface area contributed by atoms with Gasteiger partial charge in [0.15, 0.2) is 0 Å². The van der Waals surface area contributed by atoms with Crippen LogP contribution in [0.3, 0.4) is 0 Å². The van der Waals surface area contributed by atoms with E-state index in [2.05, 4.69) is 4.98 Å². The molecule has 4 nitrogen and oxygen atoms in total. The monoisotopic (exact) mass is 220 g/mol. The van der Waals surface area contributed by atoms with Crippen molar-refractivity contribution in [2.45, 2.75) is 45.1 Å². The maximum absolute atomic E-state index is 11.8. The van der Waals surface area contributed by atoms with Crippen LogP contribution >= 0.6 is 0 Å². The normalized spacial score (nSPS) is 19.5. The molecule has 0 aliphatic heterocycles. The molecule has 0 radical (unpaired) electrons. The first kappa shape index (κ1) is 9.87. The number of hydrogen-bond donors (Lipinski definition) is 1. The van der Waals surface area contributed by atoms with Gasteiger partial charge in [0, 0.05) is 17.9 Å². The number of aromatic nitrogens is 2. The summed E-state index contributed by atoms with van der Waals surface area (Å²) in [6.07, 6.45) is 6.50. The van der Waals surface area contributed by atoms with Crippen LogP contribution in [-0.4, -0.2) is 9.55 Å². The van der Waals surface area contributed by atoms with Gasteiger partial charge < -0.3 is 9.55 Å². The number of fused-ring (bicyclic) bond motifs is 1. The van der Waals surface area contributed by atoms with Gasteiger partial charge in [0.05, 0.1) is 0 Å². The van der Waals surface area contributed by atoms with Crippen molar-refractivity contribution in [1.82, 2.24) is 9.55 Å². The van der Waals surface area contributed by atoms with Gasteiger partial charge in [-0.15, -0.1) is 0 Å². The van der Waals surface area contributed by atoms with Gasteiger partial charge in [0.25, 0.3) is 0 Å². The van der Waals surface area contributed by atoms with Gasteiger partial charge in [-0.25, -0.2) is 0 Å². The van der Waals surface area contributed by atoms with Crippen molar-refractivity contribution >= 4 is 0 Å². The van der Waals surface area contributed by atoms with E-state index in [1.54, 1.807) is 4.57 Å². The lowest BCUT2D eigenvalue weighted by atomic mass is 10.00. The molecule has 2 aliphatic carbocycles. The lowest BCUT2D eigenvalue weighted by Crippen LogP contribution is -2.40. The van der Waals surface area contributed by atoms with Crippen molar-refractivity contribution < 1.29 is 0 Å². The average molecular weight is 220 g/mol. The minimum absolute atomic E-state index is 0.354. The van der Waals surface area contributed by atoms with E-state index in [1.807, 2.05) is 0 Å². The molecule has 0 bridgehead atoms. The van der Waals surface area contributed by atoms with Gasteiger partial charge in [0.1, 0.15) is 0 Å². The molecule has 0 aromatic carbocycles. The molecule has 0 unspecified atom stereocenters. The first-order valence-corrected chi connectivity index (χ1v) is 6.10. The summed E-state index contributed by atoms with van der Waals surface area (Å²) in [5.41, 5.74) is 1.29. The van der Waals surface area contributed by atoms with Gasteiger partial charge >= 0.3 is 11.1 Å². The van der Waals surface area contributed by atoms with Gasteiger partial charge in [-0.1, -0.05) is 0 Å². The average Bonchev–Trinajstić information content (AvgIpc) is 3.08. The van der Waals surface area contributed by atoms with E-state index >= 15 is 0 Å². The molecule has 1 saturated carbocycles. The van der Waals surface area contributed by atoms with Crippen molar-refractivity contribution in [3.05, 3.63) is 32.1 Å². The third-order valence-corrected chi connectivity index (χ3v) is 3.61. The van der Waals surface area contributed by atoms with Crippen molar-refractivity contribution in [2.75, 3.05) is 0 Å². The molecule has 16 heavy (non-hydrogen) atoms. The zero-order valence-electron chi connectivity index (χ0n) is 9.29. The third kappa shape index (κ3) is 1.62. The van der Waals surface area contributed by atoms with E-state index in [-0.39, 0.29) is 5.56 Å². The fourth-order valence-electron chi connectivity index (χ4n) is 2.51. The summed E-state index contributed by atoms with van der Waals surface area (Å²) in [6, 6.07) is 0. The summed E-state index contributed by atoms with van der Waals surface area (Å²) in [5, 5.41) is 0. The third-order valence-electron chi connectivity index (χ3n) is 3.61. The summed E-state index contributed by atoms with van der Waals surface area (Å²) in [7, 11) is 0. The highest BCUT2D eigenvalue weighted by atomic mass is 16.2. The predicted octanol–water partition coefficient (Wildman–Crippen LogP) is 0.825. The molecule has 3 rings (SSSR count). The fraction of sp³-hybridized carbons (Fsp3) is 0.667. The molecule has 4 heteroatoms.